The molecule has 2 aromatic rings. The van der Waals surface area contributed by atoms with Crippen LogP contribution in [0.2, 0.25) is 0 Å². The van der Waals surface area contributed by atoms with Gasteiger partial charge in [-0.15, -0.1) is 0 Å². The average molecular weight is 752 g/mol. The smallest absolute Gasteiger partial charge is 0.418 e. The van der Waals surface area contributed by atoms with Crippen molar-refractivity contribution in [2.45, 2.75) is 62.4 Å². The number of nitrogens with one attached hydrogen (secondary N) is 1. The highest BCUT2D eigenvalue weighted by Crippen LogP contribution is 2.43. The fourth-order valence-corrected chi connectivity index (χ4v) is 7.99. The van der Waals surface area contributed by atoms with Crippen LogP contribution < -0.4 is 11.1 Å². The number of rotatable bonds is 5. The number of carbonyl (C=O) groups excluding carboxylic acids is 3. The van der Waals surface area contributed by atoms with Gasteiger partial charge in [0, 0.05) is 74.6 Å². The Bertz CT molecular complexity index is 1560. The summed E-state index contributed by atoms with van der Waals surface area (Å²) < 4.78 is 53.2. The highest BCUT2D eigenvalue weighted by Gasteiger charge is 2.46. The SMILES string of the molecule is CN1CCCN(C2CCN(C(=O)[C@@H](Cc3cc(Br)c(N)c(C(F)(F)F)c3)OC(=O)N3CCC4(CC3)OC(=O)Nc3ccccc34)CC2)CC1. The molecule has 0 saturated carbocycles. The lowest BCUT2D eigenvalue weighted by Gasteiger charge is -2.44. The second kappa shape index (κ2) is 14.4. The first kappa shape index (κ1) is 35.3. The summed E-state index contributed by atoms with van der Waals surface area (Å²) in [5, 5.41) is 2.71. The number of nitrogens with two attached hydrogens (primary N) is 1. The molecule has 3 N–H and O–H groups in total. The number of nitrogen functional groups attached to an aromatic ring is 1. The number of halogens is 4. The number of benzene rings is 2. The Kier molecular flexibility index (Phi) is 10.3. The first-order valence-electron chi connectivity index (χ1n) is 16.7. The predicted octanol–water partition coefficient (Wildman–Crippen LogP) is 5.28. The van der Waals surface area contributed by atoms with Gasteiger partial charge in [0.25, 0.3) is 5.91 Å². The Hall–Kier alpha value is -3.56. The summed E-state index contributed by atoms with van der Waals surface area (Å²) in [6.45, 7) is 5.26. The molecular weight excluding hydrogens is 709 g/mol. The lowest BCUT2D eigenvalue weighted by Crippen LogP contribution is -2.53. The molecule has 3 saturated heterocycles. The highest BCUT2D eigenvalue weighted by atomic mass is 79.9. The van der Waals surface area contributed by atoms with Crippen molar-refractivity contribution in [3.8, 4) is 0 Å². The maximum Gasteiger partial charge on any atom is 0.418 e. The molecule has 0 unspecified atom stereocenters. The monoisotopic (exact) mass is 750 g/mol. The molecule has 6 rings (SSSR count). The molecule has 3 fully saturated rings. The number of carbonyl (C=O) groups is 3. The molecule has 3 amide bonds. The van der Waals surface area contributed by atoms with Crippen LogP contribution in [0.1, 0.15) is 48.8 Å². The number of anilines is 2. The van der Waals surface area contributed by atoms with Crippen molar-refractivity contribution < 1.29 is 37.0 Å². The Morgan fingerprint density at radius 3 is 2.47 bits per heavy atom. The number of piperidine rings is 2. The fraction of sp³-hybridized carbons (Fsp3) is 0.559. The second-order valence-corrected chi connectivity index (χ2v) is 14.3. The Morgan fingerprint density at radius 1 is 1.04 bits per heavy atom. The highest BCUT2D eigenvalue weighted by molar-refractivity contribution is 9.10. The lowest BCUT2D eigenvalue weighted by atomic mass is 9.82. The van der Waals surface area contributed by atoms with Crippen LogP contribution in [-0.2, 0) is 32.5 Å². The third kappa shape index (κ3) is 7.78. The van der Waals surface area contributed by atoms with E-state index in [1.165, 1.54) is 11.0 Å². The van der Waals surface area contributed by atoms with Gasteiger partial charge in [-0.1, -0.05) is 18.2 Å². The maximum absolute atomic E-state index is 14.0. The third-order valence-electron chi connectivity index (χ3n) is 10.3. The molecule has 11 nitrogen and oxygen atoms in total. The summed E-state index contributed by atoms with van der Waals surface area (Å²) in [5.74, 6) is -0.446. The summed E-state index contributed by atoms with van der Waals surface area (Å²) in [6.07, 6.45) is -4.46. The number of para-hydroxylation sites is 1. The summed E-state index contributed by atoms with van der Waals surface area (Å²) in [7, 11) is 2.12. The number of fused-ring (bicyclic) bond motifs is 2. The number of alkyl halides is 3. The van der Waals surface area contributed by atoms with Gasteiger partial charge in [0.1, 0.15) is 5.60 Å². The van der Waals surface area contributed by atoms with Crippen molar-refractivity contribution in [2.75, 3.05) is 70.5 Å². The molecule has 1 atom stereocenters. The maximum atomic E-state index is 14.0. The Balaban J connectivity index is 1.17. The number of ether oxygens (including phenoxy) is 2. The largest absolute Gasteiger partial charge is 0.438 e. The molecule has 4 aliphatic heterocycles. The van der Waals surface area contributed by atoms with Gasteiger partial charge < -0.3 is 29.9 Å². The molecule has 49 heavy (non-hydrogen) atoms. The summed E-state index contributed by atoms with van der Waals surface area (Å²) in [6, 6.07) is 10.0. The van der Waals surface area contributed by atoms with E-state index < -0.39 is 47.2 Å². The van der Waals surface area contributed by atoms with Crippen LogP contribution in [0.25, 0.3) is 0 Å². The van der Waals surface area contributed by atoms with Gasteiger partial charge in [-0.05, 0) is 79.1 Å². The topological polar surface area (TPSA) is 121 Å². The minimum absolute atomic E-state index is 0.0388. The Morgan fingerprint density at radius 2 is 1.76 bits per heavy atom. The van der Waals surface area contributed by atoms with Crippen LogP contribution in [0, 0.1) is 0 Å². The van der Waals surface area contributed by atoms with Crippen LogP contribution in [0.5, 0.6) is 0 Å². The molecule has 2 aromatic carbocycles. The van der Waals surface area contributed by atoms with Gasteiger partial charge in [0.15, 0.2) is 6.10 Å². The van der Waals surface area contributed by atoms with E-state index in [9.17, 15) is 27.6 Å². The second-order valence-electron chi connectivity index (χ2n) is 13.4. The molecule has 4 heterocycles. The van der Waals surface area contributed by atoms with Crippen LogP contribution in [0.3, 0.4) is 0 Å². The zero-order chi connectivity index (χ0) is 34.9. The first-order valence-corrected chi connectivity index (χ1v) is 17.5. The van der Waals surface area contributed by atoms with Gasteiger partial charge in [-0.25, -0.2) is 9.59 Å². The minimum Gasteiger partial charge on any atom is -0.438 e. The molecule has 0 radical (unpaired) electrons. The predicted molar refractivity (Wildman–Crippen MR) is 180 cm³/mol. The van der Waals surface area contributed by atoms with E-state index in [1.54, 1.807) is 11.0 Å². The van der Waals surface area contributed by atoms with E-state index in [4.69, 9.17) is 15.2 Å². The number of nitrogens with zero attached hydrogens (tertiary/aromatic N) is 4. The van der Waals surface area contributed by atoms with Crippen molar-refractivity contribution in [3.05, 3.63) is 57.6 Å². The number of hydrogen-bond donors (Lipinski definition) is 2. The molecule has 4 aliphatic rings. The normalized spacial score (nSPS) is 21.4. The van der Waals surface area contributed by atoms with Crippen LogP contribution in [-0.4, -0.2) is 109 Å². The van der Waals surface area contributed by atoms with Gasteiger partial charge in [-0.2, -0.15) is 13.2 Å². The number of likely N-dealkylation sites (N-methyl/N-ethyl adjacent to an activating group) is 1. The van der Waals surface area contributed by atoms with Crippen LogP contribution in [0.4, 0.5) is 34.1 Å². The van der Waals surface area contributed by atoms with Crippen molar-refractivity contribution >= 4 is 45.4 Å². The zero-order valence-electron chi connectivity index (χ0n) is 27.4. The molecule has 0 aliphatic carbocycles. The molecule has 0 aromatic heterocycles. The van der Waals surface area contributed by atoms with Crippen LogP contribution >= 0.6 is 15.9 Å². The van der Waals surface area contributed by atoms with Crippen molar-refractivity contribution in [3.63, 3.8) is 0 Å². The van der Waals surface area contributed by atoms with Crippen molar-refractivity contribution in [1.29, 1.82) is 0 Å². The first-order chi connectivity index (χ1) is 23.3. The average Bonchev–Trinajstić information content (AvgIpc) is 3.29. The lowest BCUT2D eigenvalue weighted by molar-refractivity contribution is -0.142. The molecule has 15 heteroatoms. The number of hydrogen-bond acceptors (Lipinski definition) is 8. The van der Waals surface area contributed by atoms with Crippen molar-refractivity contribution in [2.24, 2.45) is 0 Å². The van der Waals surface area contributed by atoms with Gasteiger partial charge in [-0.3, -0.25) is 15.0 Å². The fourth-order valence-electron chi connectivity index (χ4n) is 7.48. The van der Waals surface area contributed by atoms with E-state index in [0.717, 1.165) is 57.1 Å². The van der Waals surface area contributed by atoms with E-state index in [0.29, 0.717) is 37.7 Å². The number of amides is 3. The van der Waals surface area contributed by atoms with E-state index in [2.05, 4.69) is 38.1 Å². The summed E-state index contributed by atoms with van der Waals surface area (Å²) in [4.78, 5) is 47.9. The minimum atomic E-state index is -4.72. The van der Waals surface area contributed by atoms with Gasteiger partial charge in [0.2, 0.25) is 0 Å². The standard InChI is InChI=1S/C34H42BrF3N6O5/c1-41-11-4-12-42(18-17-41)23-7-13-43(14-8-23)30(45)28(21-22-19-25(34(36,37)38)29(39)26(35)20-22)48-32(47)44-15-9-33(10-16-44)24-5-2-3-6-27(24)40-31(46)49-33/h2-3,5-6,19-20,23,28H,4,7-18,21,39H2,1H3,(H,40,46)/t28-/m1/s1. The summed E-state index contributed by atoms with van der Waals surface area (Å²) >= 11 is 3.13. The van der Waals surface area contributed by atoms with E-state index in [-0.39, 0.29) is 29.5 Å². The zero-order valence-corrected chi connectivity index (χ0v) is 29.0. The van der Waals surface area contributed by atoms with E-state index >= 15 is 0 Å². The quantitative estimate of drug-likeness (QED) is 0.397. The van der Waals surface area contributed by atoms with Gasteiger partial charge >= 0.3 is 18.4 Å². The number of likely N-dealkylation sites (tertiary alicyclic amines) is 2. The third-order valence-corrected chi connectivity index (χ3v) is 10.9. The molecule has 1 spiro atoms. The van der Waals surface area contributed by atoms with Crippen molar-refractivity contribution in [1.82, 2.24) is 19.6 Å². The van der Waals surface area contributed by atoms with E-state index in [1.807, 2.05) is 18.2 Å². The molecular formula is C34H42BrF3N6O5. The molecule has 0 bridgehead atoms. The summed E-state index contributed by atoms with van der Waals surface area (Å²) in [5.41, 5.74) is 4.96. The van der Waals surface area contributed by atoms with Gasteiger partial charge in [0.05, 0.1) is 16.9 Å². The van der Waals surface area contributed by atoms with Crippen LogP contribution in [0.15, 0.2) is 40.9 Å². The molecule has 266 valence electrons. The Labute approximate surface area is 291 Å².